The normalized spacial score (nSPS) is 16.6. The van der Waals surface area contributed by atoms with Crippen molar-refractivity contribution in [1.29, 1.82) is 0 Å². The maximum Gasteiger partial charge on any atom is 0.303 e. The molecule has 5 heteroatoms. The van der Waals surface area contributed by atoms with Gasteiger partial charge in [0.1, 0.15) is 5.75 Å². The molecular formula is C18H25NO4. The smallest absolute Gasteiger partial charge is 0.303 e. The molecule has 0 heterocycles. The molecule has 0 spiro atoms. The number of carboxylic acid groups (broad SMARTS) is 1. The van der Waals surface area contributed by atoms with Crippen LogP contribution in [-0.4, -0.2) is 23.6 Å². The van der Waals surface area contributed by atoms with Gasteiger partial charge in [-0.3, -0.25) is 9.59 Å². The summed E-state index contributed by atoms with van der Waals surface area (Å²) in [5, 5.41) is 12.1. The number of carboxylic acids is 1. The first-order valence-corrected chi connectivity index (χ1v) is 8.28. The fraction of sp³-hybridized carbons (Fsp3) is 0.556. The van der Waals surface area contributed by atoms with E-state index in [-0.39, 0.29) is 18.7 Å². The van der Waals surface area contributed by atoms with Crippen molar-refractivity contribution < 1.29 is 19.4 Å². The van der Waals surface area contributed by atoms with E-state index in [4.69, 9.17) is 4.74 Å². The molecule has 0 aliphatic heterocycles. The molecule has 5 nitrogen and oxygen atoms in total. The highest BCUT2D eigenvalue weighted by atomic mass is 16.5. The average Bonchev–Trinajstić information content (AvgIpc) is 2.49. The lowest BCUT2D eigenvalue weighted by atomic mass is 9.69. The minimum absolute atomic E-state index is 0.0630. The summed E-state index contributed by atoms with van der Waals surface area (Å²) in [6.45, 7) is 2.41. The van der Waals surface area contributed by atoms with Gasteiger partial charge in [-0.05, 0) is 37.3 Å². The van der Waals surface area contributed by atoms with Gasteiger partial charge in [0.25, 0.3) is 0 Å². The summed E-state index contributed by atoms with van der Waals surface area (Å²) < 4.78 is 5.51. The summed E-state index contributed by atoms with van der Waals surface area (Å²) in [6.07, 6.45) is 5.04. The molecule has 0 radical (unpaired) electrons. The fourth-order valence-electron chi connectivity index (χ4n) is 3.42. The van der Waals surface area contributed by atoms with E-state index >= 15 is 0 Å². The van der Waals surface area contributed by atoms with Crippen molar-refractivity contribution in [2.75, 3.05) is 11.9 Å². The number of amides is 1. The van der Waals surface area contributed by atoms with Gasteiger partial charge in [0.05, 0.1) is 18.7 Å². The van der Waals surface area contributed by atoms with Crippen molar-refractivity contribution in [2.45, 2.75) is 51.9 Å². The number of rotatable bonds is 7. The largest absolute Gasteiger partial charge is 0.492 e. The number of anilines is 1. The molecule has 1 aliphatic rings. The van der Waals surface area contributed by atoms with Gasteiger partial charge in [-0.2, -0.15) is 0 Å². The van der Waals surface area contributed by atoms with Gasteiger partial charge in [0, 0.05) is 6.42 Å². The summed E-state index contributed by atoms with van der Waals surface area (Å²) in [4.78, 5) is 23.7. The molecule has 1 aromatic carbocycles. The van der Waals surface area contributed by atoms with E-state index in [1.165, 1.54) is 0 Å². The zero-order valence-corrected chi connectivity index (χ0v) is 13.6. The molecule has 0 unspecified atom stereocenters. The quantitative estimate of drug-likeness (QED) is 0.800. The first kappa shape index (κ1) is 17.3. The zero-order valence-electron chi connectivity index (χ0n) is 13.6. The van der Waals surface area contributed by atoms with Crippen molar-refractivity contribution >= 4 is 17.6 Å². The van der Waals surface area contributed by atoms with Crippen molar-refractivity contribution in [3.63, 3.8) is 0 Å². The third-order valence-electron chi connectivity index (χ3n) is 4.44. The number of carbonyl (C=O) groups is 2. The second-order valence-corrected chi connectivity index (χ2v) is 6.29. The monoisotopic (exact) mass is 319 g/mol. The molecule has 0 aromatic heterocycles. The highest BCUT2D eigenvalue weighted by molar-refractivity contribution is 5.93. The van der Waals surface area contributed by atoms with Crippen LogP contribution in [0.15, 0.2) is 24.3 Å². The molecule has 0 saturated heterocycles. The Morgan fingerprint density at radius 3 is 2.52 bits per heavy atom. The predicted octanol–water partition coefficient (Wildman–Crippen LogP) is 3.84. The average molecular weight is 319 g/mol. The van der Waals surface area contributed by atoms with Crippen molar-refractivity contribution in [3.8, 4) is 5.75 Å². The molecule has 126 valence electrons. The van der Waals surface area contributed by atoms with Crippen LogP contribution >= 0.6 is 0 Å². The van der Waals surface area contributed by atoms with Crippen LogP contribution in [0.3, 0.4) is 0 Å². The van der Waals surface area contributed by atoms with Crippen molar-refractivity contribution in [1.82, 2.24) is 0 Å². The summed E-state index contributed by atoms with van der Waals surface area (Å²) in [7, 11) is 0. The molecule has 2 rings (SSSR count). The number of nitrogens with one attached hydrogen (secondary N) is 1. The van der Waals surface area contributed by atoms with Crippen LogP contribution in [0.5, 0.6) is 5.75 Å². The molecule has 2 N–H and O–H groups in total. The summed E-state index contributed by atoms with van der Waals surface area (Å²) in [5.74, 6) is -0.325. The van der Waals surface area contributed by atoms with Crippen molar-refractivity contribution in [3.05, 3.63) is 24.3 Å². The third kappa shape index (κ3) is 4.98. The molecule has 1 aromatic rings. The van der Waals surface area contributed by atoms with Gasteiger partial charge < -0.3 is 15.2 Å². The number of carbonyl (C=O) groups excluding carboxylic acids is 1. The number of para-hydroxylation sites is 2. The van der Waals surface area contributed by atoms with E-state index in [0.717, 1.165) is 32.1 Å². The van der Waals surface area contributed by atoms with E-state index in [2.05, 4.69) is 5.32 Å². The fourth-order valence-corrected chi connectivity index (χ4v) is 3.42. The molecule has 23 heavy (non-hydrogen) atoms. The lowest BCUT2D eigenvalue weighted by Gasteiger charge is -2.35. The van der Waals surface area contributed by atoms with Crippen LogP contribution in [0.1, 0.15) is 51.9 Å². The molecule has 0 bridgehead atoms. The summed E-state index contributed by atoms with van der Waals surface area (Å²) in [5.41, 5.74) is 0.231. The Bertz CT molecular complexity index is 550. The second kappa shape index (κ2) is 7.99. The van der Waals surface area contributed by atoms with Crippen LogP contribution < -0.4 is 10.1 Å². The molecular weight excluding hydrogens is 294 g/mol. The third-order valence-corrected chi connectivity index (χ3v) is 4.44. The topological polar surface area (TPSA) is 75.6 Å². The minimum Gasteiger partial charge on any atom is -0.492 e. The van der Waals surface area contributed by atoms with Crippen molar-refractivity contribution in [2.24, 2.45) is 5.41 Å². The lowest BCUT2D eigenvalue weighted by Crippen LogP contribution is -2.32. The highest BCUT2D eigenvalue weighted by Gasteiger charge is 2.36. The maximum absolute atomic E-state index is 12.5. The maximum atomic E-state index is 12.5. The van der Waals surface area contributed by atoms with E-state index in [1.54, 1.807) is 6.07 Å². The molecule has 1 fully saturated rings. The Morgan fingerprint density at radius 1 is 1.17 bits per heavy atom. The number of aliphatic carboxylic acids is 1. The van der Waals surface area contributed by atoms with Crippen LogP contribution in [-0.2, 0) is 9.59 Å². The highest BCUT2D eigenvalue weighted by Crippen LogP contribution is 2.42. The number of hydrogen-bond donors (Lipinski definition) is 2. The molecule has 0 atom stereocenters. The first-order chi connectivity index (χ1) is 11.0. The number of ether oxygens (including phenoxy) is 1. The summed E-state index contributed by atoms with van der Waals surface area (Å²) >= 11 is 0. The molecule has 1 aliphatic carbocycles. The minimum atomic E-state index is -0.825. The Kier molecular flexibility index (Phi) is 6.02. The van der Waals surface area contributed by atoms with E-state index < -0.39 is 11.4 Å². The zero-order chi connectivity index (χ0) is 16.7. The van der Waals surface area contributed by atoms with Gasteiger partial charge in [-0.1, -0.05) is 31.4 Å². The SMILES string of the molecule is CCOc1ccccc1NC(=O)CC1(CC(=O)O)CCCCC1. The van der Waals surface area contributed by atoms with E-state index in [1.807, 2.05) is 25.1 Å². The van der Waals surface area contributed by atoms with Crippen LogP contribution in [0.2, 0.25) is 0 Å². The van der Waals surface area contributed by atoms with E-state index in [9.17, 15) is 14.7 Å². The predicted molar refractivity (Wildman–Crippen MR) is 88.6 cm³/mol. The Labute approximate surface area is 137 Å². The van der Waals surface area contributed by atoms with Gasteiger partial charge in [0.2, 0.25) is 5.91 Å². The van der Waals surface area contributed by atoms with Gasteiger partial charge in [-0.15, -0.1) is 0 Å². The molecule has 1 saturated carbocycles. The van der Waals surface area contributed by atoms with Crippen LogP contribution in [0, 0.1) is 5.41 Å². The van der Waals surface area contributed by atoms with Crippen LogP contribution in [0.25, 0.3) is 0 Å². The Morgan fingerprint density at radius 2 is 1.87 bits per heavy atom. The number of hydrogen-bond acceptors (Lipinski definition) is 3. The van der Waals surface area contributed by atoms with E-state index in [0.29, 0.717) is 18.0 Å². The second-order valence-electron chi connectivity index (χ2n) is 6.29. The Hall–Kier alpha value is -2.04. The first-order valence-electron chi connectivity index (χ1n) is 8.28. The van der Waals surface area contributed by atoms with Gasteiger partial charge in [-0.25, -0.2) is 0 Å². The Balaban J connectivity index is 2.06. The standard InChI is InChI=1S/C18H25NO4/c1-2-23-15-9-5-4-8-14(15)19-16(20)12-18(13-17(21)22)10-6-3-7-11-18/h4-5,8-9H,2-3,6-7,10-13H2,1H3,(H,19,20)(H,21,22). The van der Waals surface area contributed by atoms with Gasteiger partial charge in [0.15, 0.2) is 0 Å². The number of benzene rings is 1. The van der Waals surface area contributed by atoms with Crippen LogP contribution in [0.4, 0.5) is 5.69 Å². The summed E-state index contributed by atoms with van der Waals surface area (Å²) in [6, 6.07) is 7.31. The van der Waals surface area contributed by atoms with Gasteiger partial charge >= 0.3 is 5.97 Å². The molecule has 1 amide bonds. The lowest BCUT2D eigenvalue weighted by molar-refractivity contribution is -0.140.